The Labute approximate surface area is 96.7 Å². The van der Waals surface area contributed by atoms with Gasteiger partial charge in [-0.15, -0.1) is 13.2 Å². The summed E-state index contributed by atoms with van der Waals surface area (Å²) in [5.74, 6) is 0.290. The lowest BCUT2D eigenvalue weighted by molar-refractivity contribution is 0.262. The molecule has 86 valence electrons. The predicted molar refractivity (Wildman–Crippen MR) is 69.6 cm³/mol. The Hall–Kier alpha value is 0.0106. The maximum absolute atomic E-state index is 6.07. The molecule has 15 heavy (non-hydrogen) atoms. The standard InChI is InChI=1S/C9H20O3Si3/c1-6-9(7-2)8-15(5)11-13-10-14(3,4)12-15/h6-7,9H,1-2,8,13H2,3-5H3. The second kappa shape index (κ2) is 4.90. The molecule has 0 bridgehead atoms. The van der Waals surface area contributed by atoms with Crippen molar-refractivity contribution in [1.29, 1.82) is 0 Å². The lowest BCUT2D eigenvalue weighted by atomic mass is 10.2. The molecule has 0 radical (unpaired) electrons. The average Bonchev–Trinajstić information content (AvgIpc) is 2.12. The first-order valence-electron chi connectivity index (χ1n) is 5.14. The largest absolute Gasteiger partial charge is 0.420 e. The monoisotopic (exact) mass is 260 g/mol. The minimum atomic E-state index is -2.02. The highest BCUT2D eigenvalue weighted by Crippen LogP contribution is 2.28. The molecule has 1 saturated heterocycles. The molecule has 1 fully saturated rings. The first kappa shape index (κ1) is 13.1. The van der Waals surface area contributed by atoms with E-state index in [-0.39, 0.29) is 0 Å². The van der Waals surface area contributed by atoms with Gasteiger partial charge in [-0.05, 0) is 31.6 Å². The molecule has 0 aromatic rings. The first-order valence-corrected chi connectivity index (χ1v) is 11.6. The zero-order chi connectivity index (χ0) is 11.5. The van der Waals surface area contributed by atoms with Crippen LogP contribution in [0.2, 0.25) is 25.7 Å². The van der Waals surface area contributed by atoms with Crippen LogP contribution < -0.4 is 0 Å². The van der Waals surface area contributed by atoms with Crippen molar-refractivity contribution < 1.29 is 12.3 Å². The molecule has 1 heterocycles. The second-order valence-electron chi connectivity index (χ2n) is 4.38. The molecule has 1 rings (SSSR count). The molecule has 0 N–H and O–H groups in total. The average molecular weight is 261 g/mol. The van der Waals surface area contributed by atoms with Gasteiger partial charge in [0.05, 0.1) is 0 Å². The summed E-state index contributed by atoms with van der Waals surface area (Å²) in [6.07, 6.45) is 3.81. The quantitative estimate of drug-likeness (QED) is 0.570. The van der Waals surface area contributed by atoms with Gasteiger partial charge in [-0.2, -0.15) is 0 Å². The van der Waals surface area contributed by atoms with Crippen LogP contribution in [0.25, 0.3) is 0 Å². The highest BCUT2D eigenvalue weighted by molar-refractivity contribution is 6.85. The van der Waals surface area contributed by atoms with E-state index in [1.54, 1.807) is 0 Å². The molecule has 0 spiro atoms. The van der Waals surface area contributed by atoms with E-state index in [0.717, 1.165) is 6.04 Å². The van der Waals surface area contributed by atoms with E-state index < -0.39 is 27.1 Å². The minimum Gasteiger partial charge on any atom is -0.420 e. The third kappa shape index (κ3) is 3.82. The highest BCUT2D eigenvalue weighted by Gasteiger charge is 2.44. The van der Waals surface area contributed by atoms with Crippen LogP contribution in [0, 0.1) is 5.92 Å². The summed E-state index contributed by atoms with van der Waals surface area (Å²) in [5.41, 5.74) is 0. The van der Waals surface area contributed by atoms with Gasteiger partial charge in [-0.1, -0.05) is 12.2 Å². The number of rotatable bonds is 4. The Balaban J connectivity index is 2.65. The van der Waals surface area contributed by atoms with Gasteiger partial charge in [0.15, 0.2) is 0 Å². The topological polar surface area (TPSA) is 27.7 Å². The molecule has 0 saturated carbocycles. The van der Waals surface area contributed by atoms with Crippen LogP contribution in [0.15, 0.2) is 25.3 Å². The zero-order valence-corrected chi connectivity index (χ0v) is 13.2. The molecule has 3 nitrogen and oxygen atoms in total. The molecule has 0 aromatic heterocycles. The van der Waals surface area contributed by atoms with Crippen LogP contribution in [0.4, 0.5) is 0 Å². The second-order valence-corrected chi connectivity index (χ2v) is 13.2. The van der Waals surface area contributed by atoms with E-state index in [9.17, 15) is 0 Å². The van der Waals surface area contributed by atoms with E-state index >= 15 is 0 Å². The fraction of sp³-hybridized carbons (Fsp3) is 0.556. The van der Waals surface area contributed by atoms with Crippen LogP contribution in [0.1, 0.15) is 0 Å². The van der Waals surface area contributed by atoms with Crippen molar-refractivity contribution in [3.8, 4) is 0 Å². The van der Waals surface area contributed by atoms with Gasteiger partial charge in [-0.3, -0.25) is 0 Å². The Morgan fingerprint density at radius 1 is 1.20 bits per heavy atom. The third-order valence-corrected chi connectivity index (χ3v) is 13.5. The van der Waals surface area contributed by atoms with Crippen LogP contribution in [0.3, 0.4) is 0 Å². The van der Waals surface area contributed by atoms with E-state index in [0.29, 0.717) is 5.92 Å². The zero-order valence-electron chi connectivity index (χ0n) is 9.79. The summed E-state index contributed by atoms with van der Waals surface area (Å²) < 4.78 is 17.5. The maximum Gasteiger partial charge on any atom is 0.317 e. The third-order valence-electron chi connectivity index (χ3n) is 2.44. The van der Waals surface area contributed by atoms with E-state index in [4.69, 9.17) is 12.3 Å². The number of hydrogen-bond acceptors (Lipinski definition) is 3. The number of hydrogen-bond donors (Lipinski definition) is 0. The van der Waals surface area contributed by atoms with E-state index in [2.05, 4.69) is 32.8 Å². The van der Waals surface area contributed by atoms with E-state index in [1.807, 2.05) is 12.2 Å². The first-order chi connectivity index (χ1) is 6.91. The summed E-state index contributed by atoms with van der Waals surface area (Å²) >= 11 is 0. The van der Waals surface area contributed by atoms with Crippen molar-refractivity contribution in [1.82, 2.24) is 0 Å². The molecular formula is C9H20O3Si3. The van der Waals surface area contributed by atoms with Crippen molar-refractivity contribution in [3.63, 3.8) is 0 Å². The Kier molecular flexibility index (Phi) is 4.27. The van der Waals surface area contributed by atoms with Gasteiger partial charge in [0.25, 0.3) is 10.0 Å². The molecular weight excluding hydrogens is 240 g/mol. The Morgan fingerprint density at radius 3 is 2.27 bits per heavy atom. The molecule has 1 aliphatic rings. The number of allylic oxidation sites excluding steroid dienone is 2. The molecule has 0 aliphatic carbocycles. The predicted octanol–water partition coefficient (Wildman–Crippen LogP) is 1.81. The van der Waals surface area contributed by atoms with Gasteiger partial charge in [-0.25, -0.2) is 0 Å². The molecule has 1 atom stereocenters. The van der Waals surface area contributed by atoms with Crippen molar-refractivity contribution in [3.05, 3.63) is 25.3 Å². The Morgan fingerprint density at radius 2 is 1.80 bits per heavy atom. The normalized spacial score (nSPS) is 31.7. The van der Waals surface area contributed by atoms with Gasteiger partial charge >= 0.3 is 17.1 Å². The summed E-state index contributed by atoms with van der Waals surface area (Å²) in [7, 11) is -4.74. The van der Waals surface area contributed by atoms with Gasteiger partial charge in [0, 0.05) is 0 Å². The minimum absolute atomic E-state index is 0.290. The van der Waals surface area contributed by atoms with Crippen LogP contribution in [-0.2, 0) is 12.3 Å². The highest BCUT2D eigenvalue weighted by atomic mass is 28.5. The van der Waals surface area contributed by atoms with Gasteiger partial charge in [0.2, 0.25) is 0 Å². The summed E-state index contributed by atoms with van der Waals surface area (Å²) in [4.78, 5) is 0. The maximum atomic E-state index is 6.07. The van der Waals surface area contributed by atoms with E-state index in [1.165, 1.54) is 0 Å². The molecule has 0 amide bonds. The smallest absolute Gasteiger partial charge is 0.317 e. The summed E-state index contributed by atoms with van der Waals surface area (Å²) in [6, 6.07) is 0.910. The Bertz CT molecular complexity index is 249. The van der Waals surface area contributed by atoms with Crippen molar-refractivity contribution in [2.45, 2.75) is 25.7 Å². The van der Waals surface area contributed by atoms with Crippen LogP contribution >= 0.6 is 0 Å². The molecule has 0 aromatic carbocycles. The van der Waals surface area contributed by atoms with Crippen molar-refractivity contribution in [2.24, 2.45) is 5.92 Å². The summed E-state index contributed by atoms with van der Waals surface area (Å²) in [5, 5.41) is 0. The molecule has 1 aliphatic heterocycles. The fourth-order valence-corrected chi connectivity index (χ4v) is 12.3. The van der Waals surface area contributed by atoms with Gasteiger partial charge < -0.3 is 12.3 Å². The summed E-state index contributed by atoms with van der Waals surface area (Å²) in [6.45, 7) is 13.9. The lowest BCUT2D eigenvalue weighted by Crippen LogP contribution is -2.57. The SMILES string of the molecule is C=CC(C=C)C[Si]1(C)O[SiH2]O[Si](C)(C)O1. The molecule has 1 unspecified atom stereocenters. The van der Waals surface area contributed by atoms with Crippen molar-refractivity contribution in [2.75, 3.05) is 0 Å². The van der Waals surface area contributed by atoms with Gasteiger partial charge in [0.1, 0.15) is 0 Å². The van der Waals surface area contributed by atoms with Crippen LogP contribution in [0.5, 0.6) is 0 Å². The van der Waals surface area contributed by atoms with Crippen molar-refractivity contribution >= 4 is 27.1 Å². The van der Waals surface area contributed by atoms with Crippen LogP contribution in [-0.4, -0.2) is 27.1 Å². The fourth-order valence-electron chi connectivity index (χ4n) is 1.67. The lowest BCUT2D eigenvalue weighted by Gasteiger charge is -2.41. The molecule has 6 heteroatoms.